The number of anilines is 1. The van der Waals surface area contributed by atoms with Gasteiger partial charge < -0.3 is 14.8 Å². The monoisotopic (exact) mass is 367 g/mol. The SMILES string of the molecule is CCCCOc1ccc(NC(=O)C2(c3ccc(OC)cc3)CCCC2)cc1. The summed E-state index contributed by atoms with van der Waals surface area (Å²) >= 11 is 0. The van der Waals surface area contributed by atoms with Crippen LogP contribution >= 0.6 is 0 Å². The highest BCUT2D eigenvalue weighted by molar-refractivity contribution is 5.99. The van der Waals surface area contributed by atoms with Crippen LogP contribution in [0.4, 0.5) is 5.69 Å². The number of rotatable bonds is 8. The Labute approximate surface area is 161 Å². The second-order valence-electron chi connectivity index (χ2n) is 7.20. The summed E-state index contributed by atoms with van der Waals surface area (Å²) in [6, 6.07) is 15.6. The minimum Gasteiger partial charge on any atom is -0.497 e. The highest BCUT2D eigenvalue weighted by Gasteiger charge is 2.42. The second-order valence-corrected chi connectivity index (χ2v) is 7.20. The molecule has 144 valence electrons. The third-order valence-electron chi connectivity index (χ3n) is 5.41. The molecular weight excluding hydrogens is 338 g/mol. The first-order valence-electron chi connectivity index (χ1n) is 9.87. The van der Waals surface area contributed by atoms with Crippen molar-refractivity contribution >= 4 is 11.6 Å². The number of methoxy groups -OCH3 is 1. The van der Waals surface area contributed by atoms with Gasteiger partial charge in [0.25, 0.3) is 0 Å². The molecule has 1 aliphatic carbocycles. The van der Waals surface area contributed by atoms with Gasteiger partial charge in [-0.1, -0.05) is 38.3 Å². The van der Waals surface area contributed by atoms with E-state index in [1.807, 2.05) is 48.5 Å². The van der Waals surface area contributed by atoms with Gasteiger partial charge >= 0.3 is 0 Å². The summed E-state index contributed by atoms with van der Waals surface area (Å²) in [5.74, 6) is 1.72. The molecule has 1 fully saturated rings. The number of amides is 1. The van der Waals surface area contributed by atoms with E-state index in [1.54, 1.807) is 7.11 Å². The van der Waals surface area contributed by atoms with Crippen molar-refractivity contribution in [1.29, 1.82) is 0 Å². The molecule has 0 atom stereocenters. The molecule has 0 bridgehead atoms. The lowest BCUT2D eigenvalue weighted by molar-refractivity contribution is -0.121. The first kappa shape index (κ1) is 19.3. The molecule has 0 aromatic heterocycles. The molecule has 2 aromatic rings. The Balaban J connectivity index is 1.72. The van der Waals surface area contributed by atoms with Crippen molar-refractivity contribution in [2.45, 2.75) is 50.9 Å². The van der Waals surface area contributed by atoms with Crippen LogP contribution in [-0.2, 0) is 10.2 Å². The second kappa shape index (κ2) is 8.94. The molecule has 0 saturated heterocycles. The van der Waals surface area contributed by atoms with E-state index >= 15 is 0 Å². The minimum atomic E-state index is -0.456. The van der Waals surface area contributed by atoms with Crippen molar-refractivity contribution in [2.24, 2.45) is 0 Å². The van der Waals surface area contributed by atoms with Crippen LogP contribution in [0.2, 0.25) is 0 Å². The van der Waals surface area contributed by atoms with E-state index in [9.17, 15) is 4.79 Å². The normalized spacial score (nSPS) is 15.3. The van der Waals surface area contributed by atoms with Crippen molar-refractivity contribution in [3.63, 3.8) is 0 Å². The number of hydrogen-bond acceptors (Lipinski definition) is 3. The smallest absolute Gasteiger partial charge is 0.235 e. The Morgan fingerprint density at radius 3 is 2.22 bits per heavy atom. The molecule has 1 amide bonds. The molecular formula is C23H29NO3. The summed E-state index contributed by atoms with van der Waals surface area (Å²) < 4.78 is 10.9. The number of ether oxygens (including phenoxy) is 2. The maximum Gasteiger partial charge on any atom is 0.235 e. The molecule has 2 aromatic carbocycles. The zero-order chi connectivity index (χ0) is 19.1. The fourth-order valence-corrected chi connectivity index (χ4v) is 3.76. The summed E-state index contributed by atoms with van der Waals surface area (Å²) in [6.07, 6.45) is 6.06. The van der Waals surface area contributed by atoms with Gasteiger partial charge in [-0.15, -0.1) is 0 Å². The quantitative estimate of drug-likeness (QED) is 0.642. The van der Waals surface area contributed by atoms with Gasteiger partial charge in [-0.2, -0.15) is 0 Å². The van der Waals surface area contributed by atoms with Crippen LogP contribution in [0.3, 0.4) is 0 Å². The predicted octanol–water partition coefficient (Wildman–Crippen LogP) is 5.32. The largest absolute Gasteiger partial charge is 0.497 e. The Kier molecular flexibility index (Phi) is 6.38. The zero-order valence-corrected chi connectivity index (χ0v) is 16.3. The number of unbranched alkanes of at least 4 members (excludes halogenated alkanes) is 1. The number of benzene rings is 2. The van der Waals surface area contributed by atoms with E-state index in [0.29, 0.717) is 0 Å². The summed E-state index contributed by atoms with van der Waals surface area (Å²) in [7, 11) is 1.66. The van der Waals surface area contributed by atoms with Crippen LogP contribution in [-0.4, -0.2) is 19.6 Å². The van der Waals surface area contributed by atoms with Crippen LogP contribution < -0.4 is 14.8 Å². The van der Waals surface area contributed by atoms with Crippen LogP contribution in [0.1, 0.15) is 51.0 Å². The Hall–Kier alpha value is -2.49. The van der Waals surface area contributed by atoms with Gasteiger partial charge in [0.15, 0.2) is 0 Å². The highest BCUT2D eigenvalue weighted by Crippen LogP contribution is 2.42. The fourth-order valence-electron chi connectivity index (χ4n) is 3.76. The Morgan fingerprint density at radius 2 is 1.63 bits per heavy atom. The molecule has 0 radical (unpaired) electrons. The average Bonchev–Trinajstić information content (AvgIpc) is 3.21. The topological polar surface area (TPSA) is 47.6 Å². The number of carbonyl (C=O) groups excluding carboxylic acids is 1. The molecule has 1 saturated carbocycles. The first-order valence-corrected chi connectivity index (χ1v) is 9.87. The van der Waals surface area contributed by atoms with Gasteiger partial charge in [0.05, 0.1) is 19.1 Å². The van der Waals surface area contributed by atoms with Crippen LogP contribution in [0.5, 0.6) is 11.5 Å². The number of carbonyl (C=O) groups is 1. The van der Waals surface area contributed by atoms with E-state index in [4.69, 9.17) is 9.47 Å². The van der Waals surface area contributed by atoms with Gasteiger partial charge in [-0.3, -0.25) is 4.79 Å². The molecule has 4 nitrogen and oxygen atoms in total. The Bertz CT molecular complexity index is 731. The summed E-state index contributed by atoms with van der Waals surface area (Å²) in [5, 5.41) is 3.12. The number of nitrogens with one attached hydrogen (secondary N) is 1. The van der Waals surface area contributed by atoms with Crippen molar-refractivity contribution in [1.82, 2.24) is 0 Å². The predicted molar refractivity (Wildman–Crippen MR) is 109 cm³/mol. The van der Waals surface area contributed by atoms with Gasteiger partial charge in [-0.25, -0.2) is 0 Å². The molecule has 3 rings (SSSR count). The van der Waals surface area contributed by atoms with Crippen LogP contribution in [0.25, 0.3) is 0 Å². The molecule has 1 aliphatic rings. The average molecular weight is 367 g/mol. The van der Waals surface area contributed by atoms with E-state index < -0.39 is 5.41 Å². The third-order valence-corrected chi connectivity index (χ3v) is 5.41. The standard InChI is InChI=1S/C23H29NO3/c1-3-4-17-27-21-13-9-19(10-14-21)24-22(25)23(15-5-6-16-23)18-7-11-20(26-2)12-8-18/h7-14H,3-6,15-17H2,1-2H3,(H,24,25). The fraction of sp³-hybridized carbons (Fsp3) is 0.435. The lowest BCUT2D eigenvalue weighted by Crippen LogP contribution is -2.37. The summed E-state index contributed by atoms with van der Waals surface area (Å²) in [4.78, 5) is 13.2. The van der Waals surface area contributed by atoms with Crippen molar-refractivity contribution in [2.75, 3.05) is 19.0 Å². The van der Waals surface area contributed by atoms with E-state index in [-0.39, 0.29) is 5.91 Å². The van der Waals surface area contributed by atoms with E-state index in [0.717, 1.165) is 67.9 Å². The first-order chi connectivity index (χ1) is 13.2. The molecule has 0 heterocycles. The van der Waals surface area contributed by atoms with Crippen molar-refractivity contribution in [3.05, 3.63) is 54.1 Å². The van der Waals surface area contributed by atoms with Gasteiger partial charge in [0.1, 0.15) is 11.5 Å². The molecule has 0 spiro atoms. The number of hydrogen-bond donors (Lipinski definition) is 1. The molecule has 1 N–H and O–H groups in total. The van der Waals surface area contributed by atoms with Crippen LogP contribution in [0.15, 0.2) is 48.5 Å². The van der Waals surface area contributed by atoms with Gasteiger partial charge in [0.2, 0.25) is 5.91 Å². The van der Waals surface area contributed by atoms with Gasteiger partial charge in [0, 0.05) is 5.69 Å². The molecule has 4 heteroatoms. The minimum absolute atomic E-state index is 0.0739. The molecule has 0 aliphatic heterocycles. The lowest BCUT2D eigenvalue weighted by Gasteiger charge is -2.28. The lowest BCUT2D eigenvalue weighted by atomic mass is 9.78. The van der Waals surface area contributed by atoms with Gasteiger partial charge in [-0.05, 0) is 61.2 Å². The van der Waals surface area contributed by atoms with E-state index in [2.05, 4.69) is 12.2 Å². The maximum atomic E-state index is 13.2. The molecule has 27 heavy (non-hydrogen) atoms. The Morgan fingerprint density at radius 1 is 1.00 bits per heavy atom. The maximum absolute atomic E-state index is 13.2. The highest BCUT2D eigenvalue weighted by atomic mass is 16.5. The summed E-state index contributed by atoms with van der Waals surface area (Å²) in [6.45, 7) is 2.87. The van der Waals surface area contributed by atoms with Crippen molar-refractivity contribution in [3.8, 4) is 11.5 Å². The zero-order valence-electron chi connectivity index (χ0n) is 16.3. The van der Waals surface area contributed by atoms with Crippen molar-refractivity contribution < 1.29 is 14.3 Å². The molecule has 0 unspecified atom stereocenters. The van der Waals surface area contributed by atoms with Crippen LogP contribution in [0, 0.1) is 0 Å². The summed E-state index contributed by atoms with van der Waals surface area (Å²) in [5.41, 5.74) is 1.42. The third kappa shape index (κ3) is 4.44. The van der Waals surface area contributed by atoms with E-state index in [1.165, 1.54) is 0 Å².